The van der Waals surface area contributed by atoms with Crippen LogP contribution in [0.25, 0.3) is 22.6 Å². The van der Waals surface area contributed by atoms with Crippen molar-refractivity contribution < 1.29 is 4.74 Å². The average molecular weight is 410 g/mol. The number of aromatic nitrogens is 3. The molecule has 5 rings (SSSR count). The highest BCUT2D eigenvalue weighted by atomic mass is 16.5. The predicted octanol–water partition coefficient (Wildman–Crippen LogP) is 4.57. The minimum Gasteiger partial charge on any atom is -0.497 e. The molecule has 0 saturated carbocycles. The zero-order valence-corrected chi connectivity index (χ0v) is 17.6. The molecule has 1 N–H and O–H groups in total. The van der Waals surface area contributed by atoms with Crippen molar-refractivity contribution in [3.05, 3.63) is 93.8 Å². The summed E-state index contributed by atoms with van der Waals surface area (Å²) in [6.07, 6.45) is -0.311. The number of rotatable bonds is 3. The van der Waals surface area contributed by atoms with Gasteiger partial charge in [-0.25, -0.2) is 4.68 Å². The Bertz CT molecular complexity index is 1340. The van der Waals surface area contributed by atoms with Crippen LogP contribution in [-0.4, -0.2) is 21.9 Å². The molecule has 0 spiro atoms. The number of hydrogen-bond acceptors (Lipinski definition) is 5. The van der Waals surface area contributed by atoms with E-state index in [1.54, 1.807) is 11.8 Å². The minimum atomic E-state index is -0.334. The molecule has 4 aromatic rings. The monoisotopic (exact) mass is 410 g/mol. The van der Waals surface area contributed by atoms with Crippen LogP contribution in [0.2, 0.25) is 0 Å². The molecule has 1 atom stereocenters. The van der Waals surface area contributed by atoms with Gasteiger partial charge in [-0.15, -0.1) is 0 Å². The van der Waals surface area contributed by atoms with E-state index >= 15 is 0 Å². The zero-order valence-electron chi connectivity index (χ0n) is 17.6. The van der Waals surface area contributed by atoms with E-state index in [-0.39, 0.29) is 11.7 Å². The molecule has 0 bridgehead atoms. The Morgan fingerprint density at radius 3 is 2.48 bits per heavy atom. The highest BCUT2D eigenvalue weighted by molar-refractivity contribution is 5.76. The van der Waals surface area contributed by atoms with Gasteiger partial charge < -0.3 is 10.1 Å². The van der Waals surface area contributed by atoms with Crippen LogP contribution in [0.3, 0.4) is 0 Å². The van der Waals surface area contributed by atoms with Crippen molar-refractivity contribution >= 4 is 5.69 Å². The third-order valence-electron chi connectivity index (χ3n) is 5.75. The van der Waals surface area contributed by atoms with Gasteiger partial charge in [-0.05, 0) is 60.9 Å². The van der Waals surface area contributed by atoms with Crippen molar-refractivity contribution in [2.24, 2.45) is 0 Å². The number of aryl methyl sites for hydroxylation is 2. The quantitative estimate of drug-likeness (QED) is 0.536. The van der Waals surface area contributed by atoms with E-state index in [4.69, 9.17) is 9.84 Å². The average Bonchev–Trinajstić information content (AvgIpc) is 2.80. The molecular weight excluding hydrogens is 388 g/mol. The summed E-state index contributed by atoms with van der Waals surface area (Å²) in [4.78, 5) is 17.5. The molecule has 6 nitrogen and oxygen atoms in total. The van der Waals surface area contributed by atoms with Crippen molar-refractivity contribution in [2.75, 3.05) is 12.4 Å². The topological polar surface area (TPSA) is 69.0 Å². The molecule has 0 aliphatic carbocycles. The van der Waals surface area contributed by atoms with Crippen molar-refractivity contribution in [3.8, 4) is 28.4 Å². The molecule has 1 aliphatic rings. The zero-order chi connectivity index (χ0) is 21.5. The van der Waals surface area contributed by atoms with Gasteiger partial charge in [0.1, 0.15) is 11.9 Å². The molecule has 154 valence electrons. The van der Waals surface area contributed by atoms with Crippen LogP contribution in [0.4, 0.5) is 5.69 Å². The maximum atomic E-state index is 13.0. The molecule has 2 heterocycles. The van der Waals surface area contributed by atoms with Crippen molar-refractivity contribution in [1.29, 1.82) is 0 Å². The highest BCUT2D eigenvalue weighted by Crippen LogP contribution is 2.36. The molecule has 0 fully saturated rings. The van der Waals surface area contributed by atoms with Gasteiger partial charge in [0.15, 0.2) is 11.5 Å². The number of nitrogens with zero attached hydrogens (tertiary/aromatic N) is 3. The molecule has 1 aromatic heterocycles. The molecule has 1 unspecified atom stereocenters. The SMILES string of the molecule is COc1ccc(C2Nc3ccccc3-c3nc(=O)c(-c4ccc(C)c(C)c4)nn32)cc1. The first kappa shape index (κ1) is 19.1. The lowest BCUT2D eigenvalue weighted by atomic mass is 10.0. The summed E-state index contributed by atoms with van der Waals surface area (Å²) in [7, 11) is 1.64. The number of anilines is 1. The maximum absolute atomic E-state index is 13.0. The summed E-state index contributed by atoms with van der Waals surface area (Å²) in [5, 5.41) is 8.34. The molecule has 1 aliphatic heterocycles. The van der Waals surface area contributed by atoms with E-state index in [9.17, 15) is 4.79 Å². The summed E-state index contributed by atoms with van der Waals surface area (Å²) in [6.45, 7) is 4.07. The summed E-state index contributed by atoms with van der Waals surface area (Å²) in [5.74, 6) is 1.33. The highest BCUT2D eigenvalue weighted by Gasteiger charge is 2.28. The number of nitrogens with one attached hydrogen (secondary N) is 1. The molecule has 6 heteroatoms. The molecule has 0 radical (unpaired) electrons. The van der Waals surface area contributed by atoms with E-state index in [0.29, 0.717) is 11.5 Å². The molecule has 0 amide bonds. The second kappa shape index (κ2) is 7.40. The van der Waals surface area contributed by atoms with Gasteiger partial charge in [0, 0.05) is 16.8 Å². The molecule has 31 heavy (non-hydrogen) atoms. The fraction of sp³-hybridized carbons (Fsp3) is 0.160. The Morgan fingerprint density at radius 1 is 0.968 bits per heavy atom. The van der Waals surface area contributed by atoms with Crippen LogP contribution in [0.5, 0.6) is 5.75 Å². The third-order valence-corrected chi connectivity index (χ3v) is 5.75. The number of hydrogen-bond donors (Lipinski definition) is 1. The fourth-order valence-corrected chi connectivity index (χ4v) is 3.85. The largest absolute Gasteiger partial charge is 0.497 e. The van der Waals surface area contributed by atoms with E-state index < -0.39 is 0 Å². The number of ether oxygens (including phenoxy) is 1. The van der Waals surface area contributed by atoms with E-state index in [1.165, 1.54) is 5.56 Å². The van der Waals surface area contributed by atoms with Crippen molar-refractivity contribution in [3.63, 3.8) is 0 Å². The first-order valence-corrected chi connectivity index (χ1v) is 10.1. The second-order valence-electron chi connectivity index (χ2n) is 7.70. The molecule has 0 saturated heterocycles. The van der Waals surface area contributed by atoms with Crippen LogP contribution in [-0.2, 0) is 0 Å². The lowest BCUT2D eigenvalue weighted by molar-refractivity contribution is 0.414. The lowest BCUT2D eigenvalue weighted by Gasteiger charge is -2.30. The summed E-state index contributed by atoms with van der Waals surface area (Å²) in [5.41, 5.74) is 5.80. The van der Waals surface area contributed by atoms with Gasteiger partial charge in [-0.3, -0.25) is 4.79 Å². The number of fused-ring (bicyclic) bond motifs is 3. The summed E-state index contributed by atoms with van der Waals surface area (Å²) in [6, 6.07) is 21.5. The van der Waals surface area contributed by atoms with Crippen LogP contribution in [0.15, 0.2) is 71.5 Å². The van der Waals surface area contributed by atoms with Gasteiger partial charge in [0.05, 0.1) is 7.11 Å². The lowest BCUT2D eigenvalue weighted by Crippen LogP contribution is -2.32. The fourth-order valence-electron chi connectivity index (χ4n) is 3.85. The number of methoxy groups -OCH3 is 1. The van der Waals surface area contributed by atoms with Crippen molar-refractivity contribution in [1.82, 2.24) is 14.8 Å². The number of benzene rings is 3. The van der Waals surface area contributed by atoms with Crippen LogP contribution >= 0.6 is 0 Å². The molecule has 3 aromatic carbocycles. The van der Waals surface area contributed by atoms with E-state index in [2.05, 4.69) is 10.3 Å². The molecular formula is C25H22N4O2. The second-order valence-corrected chi connectivity index (χ2v) is 7.70. The van der Waals surface area contributed by atoms with Crippen molar-refractivity contribution in [2.45, 2.75) is 20.0 Å². The van der Waals surface area contributed by atoms with E-state index in [1.807, 2.05) is 80.6 Å². The summed E-state index contributed by atoms with van der Waals surface area (Å²) >= 11 is 0. The van der Waals surface area contributed by atoms with Gasteiger partial charge in [0.25, 0.3) is 5.56 Å². The predicted molar refractivity (Wildman–Crippen MR) is 121 cm³/mol. The Labute approximate surface area is 180 Å². The smallest absolute Gasteiger partial charge is 0.300 e. The van der Waals surface area contributed by atoms with Gasteiger partial charge in [0.2, 0.25) is 0 Å². The Kier molecular flexibility index (Phi) is 4.55. The van der Waals surface area contributed by atoms with Gasteiger partial charge in [-0.1, -0.05) is 36.4 Å². The third kappa shape index (κ3) is 3.26. The Balaban J connectivity index is 1.72. The maximum Gasteiger partial charge on any atom is 0.300 e. The Hall–Kier alpha value is -3.93. The normalized spacial score (nSPS) is 14.4. The van der Waals surface area contributed by atoms with Crippen LogP contribution < -0.4 is 15.6 Å². The van der Waals surface area contributed by atoms with Crippen LogP contribution in [0.1, 0.15) is 22.9 Å². The van der Waals surface area contributed by atoms with Crippen LogP contribution in [0, 0.1) is 13.8 Å². The standard InChI is InChI=1S/C25H22N4O2/c1-15-8-9-18(14-16(15)2)22-25(30)27-24-20-6-4-5-7-21(20)26-23(29(24)28-22)17-10-12-19(31-3)13-11-17/h4-14,23,26H,1-3H3. The first-order chi connectivity index (χ1) is 15.0. The van der Waals surface area contributed by atoms with Gasteiger partial charge in [-0.2, -0.15) is 10.1 Å². The van der Waals surface area contributed by atoms with E-state index in [0.717, 1.165) is 33.7 Å². The number of para-hydroxylation sites is 1. The Morgan fingerprint density at radius 2 is 1.74 bits per heavy atom. The summed E-state index contributed by atoms with van der Waals surface area (Å²) < 4.78 is 7.10. The minimum absolute atomic E-state index is 0.311. The van der Waals surface area contributed by atoms with Gasteiger partial charge >= 0.3 is 0 Å². The first-order valence-electron chi connectivity index (χ1n) is 10.1.